The van der Waals surface area contributed by atoms with Crippen LogP contribution in [0.15, 0.2) is 55.2 Å². The number of H-pyrrole nitrogens is 1. The second-order valence-corrected chi connectivity index (χ2v) is 7.87. The van der Waals surface area contributed by atoms with Gasteiger partial charge in [-0.1, -0.05) is 37.3 Å². The summed E-state index contributed by atoms with van der Waals surface area (Å²) in [6.45, 7) is 4.24. The highest BCUT2D eigenvalue weighted by molar-refractivity contribution is 5.99. The topological polar surface area (TPSA) is 158 Å². The van der Waals surface area contributed by atoms with Gasteiger partial charge in [-0.3, -0.25) is 19.1 Å². The maximum absolute atomic E-state index is 13.0. The molecule has 0 radical (unpaired) electrons. The number of amides is 1. The van der Waals surface area contributed by atoms with E-state index in [4.69, 9.17) is 14.9 Å². The molecule has 11 nitrogen and oxygen atoms in total. The number of nitrogens with zero attached hydrogens (tertiary/aromatic N) is 2. The molecule has 3 aromatic rings. The molecule has 2 aromatic heterocycles. The van der Waals surface area contributed by atoms with Crippen molar-refractivity contribution in [2.24, 2.45) is 0 Å². The Labute approximate surface area is 199 Å². The molecule has 1 amide bonds. The number of benzene rings is 1. The summed E-state index contributed by atoms with van der Waals surface area (Å²) < 4.78 is 11.2. The molecule has 1 aromatic carbocycles. The molecule has 0 spiro atoms. The van der Waals surface area contributed by atoms with Gasteiger partial charge in [-0.15, -0.1) is 0 Å². The van der Waals surface area contributed by atoms with Crippen molar-refractivity contribution >= 4 is 23.4 Å². The molecule has 0 aliphatic carbocycles. The van der Waals surface area contributed by atoms with Crippen LogP contribution in [0.2, 0.25) is 0 Å². The van der Waals surface area contributed by atoms with Gasteiger partial charge in [0, 0.05) is 12.6 Å². The summed E-state index contributed by atoms with van der Waals surface area (Å²) in [7, 11) is 0. The summed E-state index contributed by atoms with van der Waals surface area (Å²) in [6, 6.07) is 10.1. The number of hydrogen-bond acceptors (Lipinski definition) is 8. The number of anilines is 2. The first-order valence-corrected chi connectivity index (χ1v) is 10.9. The predicted molar refractivity (Wildman–Crippen MR) is 129 cm³/mol. The zero-order valence-electron chi connectivity index (χ0n) is 19.6. The van der Waals surface area contributed by atoms with Crippen LogP contribution in [0.1, 0.15) is 40.6 Å². The van der Waals surface area contributed by atoms with Gasteiger partial charge < -0.3 is 19.8 Å². The average Bonchev–Trinajstić information content (AvgIpc) is 2.79. The molecule has 0 saturated carbocycles. The van der Waals surface area contributed by atoms with E-state index >= 15 is 0 Å². The van der Waals surface area contributed by atoms with Crippen LogP contribution in [0, 0.1) is 13.8 Å². The zero-order chi connectivity index (χ0) is 25.7. The number of aromatic nitrogens is 2. The van der Waals surface area contributed by atoms with E-state index in [0.29, 0.717) is 12.0 Å². The zero-order valence-corrected chi connectivity index (χ0v) is 19.6. The highest BCUT2D eigenvalue weighted by atomic mass is 16.5. The van der Waals surface area contributed by atoms with E-state index in [0.717, 1.165) is 21.1 Å². The van der Waals surface area contributed by atoms with Crippen molar-refractivity contribution < 1.29 is 18.7 Å². The molecular formula is C24H26N4O7. The van der Waals surface area contributed by atoms with Crippen LogP contribution in [-0.4, -0.2) is 34.6 Å². The van der Waals surface area contributed by atoms with Crippen molar-refractivity contribution in [1.29, 1.82) is 0 Å². The first-order chi connectivity index (χ1) is 16.6. The van der Waals surface area contributed by atoms with Gasteiger partial charge in [0.15, 0.2) is 12.3 Å². The van der Waals surface area contributed by atoms with Gasteiger partial charge in [-0.2, -0.15) is 0 Å². The van der Waals surface area contributed by atoms with Crippen molar-refractivity contribution in [3.05, 3.63) is 90.1 Å². The number of carbonyl (C=O) groups excluding carboxylic acids is 2. The molecule has 2 heterocycles. The van der Waals surface area contributed by atoms with Crippen LogP contribution in [0.25, 0.3) is 0 Å². The number of nitrogen functional groups attached to an aromatic ring is 1. The summed E-state index contributed by atoms with van der Waals surface area (Å²) in [5.74, 6) is -1.70. The number of hydrogen-bond donors (Lipinski definition) is 2. The molecule has 0 unspecified atom stereocenters. The third-order valence-corrected chi connectivity index (χ3v) is 5.28. The van der Waals surface area contributed by atoms with E-state index in [9.17, 15) is 24.0 Å². The van der Waals surface area contributed by atoms with Crippen LogP contribution < -0.4 is 27.5 Å². The smallest absolute Gasteiger partial charge is 0.342 e. The van der Waals surface area contributed by atoms with Crippen LogP contribution in [0.4, 0.5) is 11.5 Å². The Kier molecular flexibility index (Phi) is 7.69. The monoisotopic (exact) mass is 482 g/mol. The Bertz CT molecular complexity index is 1390. The van der Waals surface area contributed by atoms with Gasteiger partial charge in [0.05, 0.1) is 6.54 Å². The third kappa shape index (κ3) is 5.57. The Morgan fingerprint density at radius 1 is 1.14 bits per heavy atom. The molecule has 184 valence electrons. The summed E-state index contributed by atoms with van der Waals surface area (Å²) in [5.41, 5.74) is 4.98. The van der Waals surface area contributed by atoms with Crippen LogP contribution >= 0.6 is 0 Å². The summed E-state index contributed by atoms with van der Waals surface area (Å²) >= 11 is 0. The van der Waals surface area contributed by atoms with Gasteiger partial charge in [0.2, 0.25) is 0 Å². The van der Waals surface area contributed by atoms with Crippen molar-refractivity contribution in [3.8, 4) is 0 Å². The Balaban J connectivity index is 1.90. The number of aromatic amines is 1. The Morgan fingerprint density at radius 2 is 1.83 bits per heavy atom. The third-order valence-electron chi connectivity index (χ3n) is 5.28. The van der Waals surface area contributed by atoms with Gasteiger partial charge in [0.25, 0.3) is 11.5 Å². The number of esters is 1. The van der Waals surface area contributed by atoms with Crippen molar-refractivity contribution in [1.82, 2.24) is 9.55 Å². The molecule has 11 heteroatoms. The first kappa shape index (κ1) is 25.2. The lowest BCUT2D eigenvalue weighted by atomic mass is 10.1. The second kappa shape index (κ2) is 10.7. The van der Waals surface area contributed by atoms with E-state index in [1.807, 2.05) is 6.07 Å². The molecule has 3 N–H and O–H groups in total. The molecule has 0 fully saturated rings. The van der Waals surface area contributed by atoms with Crippen molar-refractivity contribution in [2.45, 2.75) is 33.7 Å². The number of carbonyl (C=O) groups is 2. The lowest BCUT2D eigenvalue weighted by Crippen LogP contribution is -2.43. The fourth-order valence-corrected chi connectivity index (χ4v) is 3.69. The summed E-state index contributed by atoms with van der Waals surface area (Å²) in [5, 5.41) is 0. The summed E-state index contributed by atoms with van der Waals surface area (Å²) in [6.07, 6.45) is 0.457. The Morgan fingerprint density at radius 3 is 2.46 bits per heavy atom. The van der Waals surface area contributed by atoms with Gasteiger partial charge in [-0.05, 0) is 31.4 Å². The van der Waals surface area contributed by atoms with E-state index in [1.54, 1.807) is 38.1 Å². The standard InChI is InChI=1S/C24H26N4O7/c1-4-10-27(17(29)13-34-23(32)19-14(2)11-18(30)35-15(19)3)20-21(25)28(24(33)26-22(20)31)12-16-8-6-5-7-9-16/h5-9,11H,4,10,12-13,25H2,1-3H3,(H,26,31,33). The minimum atomic E-state index is -0.857. The maximum atomic E-state index is 13.0. The molecule has 0 bridgehead atoms. The second-order valence-electron chi connectivity index (χ2n) is 7.87. The molecule has 3 rings (SSSR count). The van der Waals surface area contributed by atoms with Gasteiger partial charge in [0.1, 0.15) is 17.1 Å². The minimum Gasteiger partial charge on any atom is -0.452 e. The molecular weight excluding hydrogens is 456 g/mol. The van der Waals surface area contributed by atoms with Crippen LogP contribution in [-0.2, 0) is 16.1 Å². The largest absolute Gasteiger partial charge is 0.452 e. The molecule has 0 saturated heterocycles. The number of rotatable bonds is 8. The molecule has 0 aliphatic heterocycles. The number of ether oxygens (including phenoxy) is 1. The SMILES string of the molecule is CCCN(C(=O)COC(=O)c1c(C)cc(=O)oc1C)c1c(N)n(Cc2ccccc2)c(=O)[nH]c1=O. The fraction of sp³-hybridized carbons (Fsp3) is 0.292. The van der Waals surface area contributed by atoms with Gasteiger partial charge in [-0.25, -0.2) is 14.4 Å². The van der Waals surface area contributed by atoms with E-state index < -0.39 is 35.4 Å². The highest BCUT2D eigenvalue weighted by Crippen LogP contribution is 2.19. The number of nitrogens with one attached hydrogen (secondary N) is 1. The number of aryl methyl sites for hydroxylation is 2. The normalized spacial score (nSPS) is 10.7. The van der Waals surface area contributed by atoms with Crippen LogP contribution in [0.5, 0.6) is 0 Å². The quantitative estimate of drug-likeness (QED) is 0.455. The predicted octanol–water partition coefficient (Wildman–Crippen LogP) is 1.34. The van der Waals surface area contributed by atoms with E-state index in [1.165, 1.54) is 6.92 Å². The van der Waals surface area contributed by atoms with E-state index in [-0.39, 0.29) is 35.9 Å². The van der Waals surface area contributed by atoms with Crippen molar-refractivity contribution in [2.75, 3.05) is 23.8 Å². The van der Waals surface area contributed by atoms with Gasteiger partial charge >= 0.3 is 17.3 Å². The molecule has 0 aliphatic rings. The number of nitrogens with two attached hydrogens (primary N) is 1. The average molecular weight is 482 g/mol. The van der Waals surface area contributed by atoms with Crippen LogP contribution in [0.3, 0.4) is 0 Å². The molecule has 35 heavy (non-hydrogen) atoms. The Hall–Kier alpha value is -4.41. The van der Waals surface area contributed by atoms with E-state index in [2.05, 4.69) is 4.98 Å². The lowest BCUT2D eigenvalue weighted by molar-refractivity contribution is -0.121. The minimum absolute atomic E-state index is 0.0354. The fourth-order valence-electron chi connectivity index (χ4n) is 3.69. The molecule has 0 atom stereocenters. The van der Waals surface area contributed by atoms with Crippen molar-refractivity contribution in [3.63, 3.8) is 0 Å². The maximum Gasteiger partial charge on any atom is 0.342 e. The highest BCUT2D eigenvalue weighted by Gasteiger charge is 2.26. The lowest BCUT2D eigenvalue weighted by Gasteiger charge is -2.24. The first-order valence-electron chi connectivity index (χ1n) is 10.9. The summed E-state index contributed by atoms with van der Waals surface area (Å²) in [4.78, 5) is 65.5.